The second-order valence-corrected chi connectivity index (χ2v) is 4.71. The van der Waals surface area contributed by atoms with E-state index in [2.05, 4.69) is 11.8 Å². The van der Waals surface area contributed by atoms with Crippen LogP contribution in [0.5, 0.6) is 0 Å². The third-order valence-corrected chi connectivity index (χ3v) is 3.50. The van der Waals surface area contributed by atoms with Crippen LogP contribution in [-0.4, -0.2) is 41.8 Å². The van der Waals surface area contributed by atoms with E-state index in [0.717, 1.165) is 19.0 Å². The number of morpholine rings is 1. The lowest BCUT2D eigenvalue weighted by Crippen LogP contribution is -2.44. The zero-order valence-corrected chi connectivity index (χ0v) is 10.9. The molecule has 2 rings (SSSR count). The van der Waals surface area contributed by atoms with Gasteiger partial charge in [-0.2, -0.15) is 0 Å². The van der Waals surface area contributed by atoms with Crippen molar-refractivity contribution in [2.75, 3.05) is 19.8 Å². The SMILES string of the molecule is CCC1COCCN1Cc1ccc(F)cc1C(=O)O. The number of halogens is 1. The van der Waals surface area contributed by atoms with Gasteiger partial charge < -0.3 is 9.84 Å². The summed E-state index contributed by atoms with van der Waals surface area (Å²) in [6.07, 6.45) is 0.948. The quantitative estimate of drug-likeness (QED) is 0.908. The lowest BCUT2D eigenvalue weighted by molar-refractivity contribution is -0.0128. The average Bonchev–Trinajstić information content (AvgIpc) is 2.41. The minimum absolute atomic E-state index is 0.0429. The summed E-state index contributed by atoms with van der Waals surface area (Å²) in [5.74, 6) is -1.61. The van der Waals surface area contributed by atoms with Crippen molar-refractivity contribution in [1.29, 1.82) is 0 Å². The predicted octanol–water partition coefficient (Wildman–Crippen LogP) is 2.13. The fourth-order valence-electron chi connectivity index (χ4n) is 2.38. The summed E-state index contributed by atoms with van der Waals surface area (Å²) < 4.78 is 18.6. The van der Waals surface area contributed by atoms with Crippen LogP contribution in [0.3, 0.4) is 0 Å². The van der Waals surface area contributed by atoms with Crippen LogP contribution in [0, 0.1) is 5.82 Å². The molecule has 1 aliphatic heterocycles. The van der Waals surface area contributed by atoms with Gasteiger partial charge in [0, 0.05) is 19.1 Å². The van der Waals surface area contributed by atoms with Crippen LogP contribution in [0.15, 0.2) is 18.2 Å². The van der Waals surface area contributed by atoms with Crippen molar-refractivity contribution in [3.8, 4) is 0 Å². The molecule has 0 aromatic heterocycles. The fourth-order valence-corrected chi connectivity index (χ4v) is 2.38. The number of carboxylic acids is 1. The fraction of sp³-hybridized carbons (Fsp3) is 0.500. The molecule has 0 radical (unpaired) electrons. The summed E-state index contributed by atoms with van der Waals surface area (Å²) in [5, 5.41) is 9.13. The number of rotatable bonds is 4. The van der Waals surface area contributed by atoms with Gasteiger partial charge in [0.2, 0.25) is 0 Å². The number of hydrogen-bond donors (Lipinski definition) is 1. The van der Waals surface area contributed by atoms with Crippen molar-refractivity contribution < 1.29 is 19.0 Å². The maximum Gasteiger partial charge on any atom is 0.336 e. The van der Waals surface area contributed by atoms with Crippen LogP contribution in [0.4, 0.5) is 4.39 Å². The van der Waals surface area contributed by atoms with Crippen molar-refractivity contribution in [2.45, 2.75) is 25.9 Å². The Kier molecular flexibility index (Phi) is 4.50. The van der Waals surface area contributed by atoms with Crippen molar-refractivity contribution in [2.24, 2.45) is 0 Å². The Morgan fingerprint density at radius 1 is 1.58 bits per heavy atom. The Morgan fingerprint density at radius 3 is 3.05 bits per heavy atom. The van der Waals surface area contributed by atoms with E-state index in [1.54, 1.807) is 6.07 Å². The summed E-state index contributed by atoms with van der Waals surface area (Å²) >= 11 is 0. The zero-order chi connectivity index (χ0) is 13.8. The van der Waals surface area contributed by atoms with Gasteiger partial charge in [0.1, 0.15) is 5.82 Å². The molecule has 1 heterocycles. The van der Waals surface area contributed by atoms with Gasteiger partial charge in [-0.1, -0.05) is 13.0 Å². The summed E-state index contributed by atoms with van der Waals surface area (Å²) in [5.41, 5.74) is 0.690. The van der Waals surface area contributed by atoms with Gasteiger partial charge in [0.15, 0.2) is 0 Å². The minimum atomic E-state index is -1.09. The van der Waals surface area contributed by atoms with Crippen LogP contribution in [0.2, 0.25) is 0 Å². The second-order valence-electron chi connectivity index (χ2n) is 4.71. The number of hydrogen-bond acceptors (Lipinski definition) is 3. The standard InChI is InChI=1S/C14H18FNO3/c1-2-12-9-19-6-5-16(12)8-10-3-4-11(15)7-13(10)14(17)18/h3-4,7,12H,2,5-6,8-9H2,1H3,(H,17,18). The van der Waals surface area contributed by atoms with Crippen molar-refractivity contribution >= 4 is 5.97 Å². The highest BCUT2D eigenvalue weighted by atomic mass is 19.1. The number of carbonyl (C=O) groups is 1. The molecule has 5 heteroatoms. The average molecular weight is 267 g/mol. The van der Waals surface area contributed by atoms with Crippen molar-refractivity contribution in [3.63, 3.8) is 0 Å². The molecule has 0 saturated carbocycles. The molecule has 0 aliphatic carbocycles. The molecule has 1 unspecified atom stereocenters. The van der Waals surface area contributed by atoms with Gasteiger partial charge in [-0.15, -0.1) is 0 Å². The maximum atomic E-state index is 13.1. The predicted molar refractivity (Wildman–Crippen MR) is 68.7 cm³/mol. The Bertz CT molecular complexity index is 464. The van der Waals surface area contributed by atoms with Crippen molar-refractivity contribution in [1.82, 2.24) is 4.90 Å². The first kappa shape index (κ1) is 14.0. The first-order valence-corrected chi connectivity index (χ1v) is 6.45. The van der Waals surface area contributed by atoms with Crippen molar-refractivity contribution in [3.05, 3.63) is 35.1 Å². The molecule has 1 saturated heterocycles. The molecule has 1 aliphatic rings. The normalized spacial score (nSPS) is 20.4. The van der Waals surface area contributed by atoms with E-state index in [0.29, 0.717) is 31.4 Å². The minimum Gasteiger partial charge on any atom is -0.478 e. The number of ether oxygens (including phenoxy) is 1. The van der Waals surface area contributed by atoms with Gasteiger partial charge in [0.25, 0.3) is 0 Å². The van der Waals surface area contributed by atoms with E-state index in [4.69, 9.17) is 9.84 Å². The Balaban J connectivity index is 2.20. The number of aromatic carboxylic acids is 1. The molecule has 19 heavy (non-hydrogen) atoms. The topological polar surface area (TPSA) is 49.8 Å². The highest BCUT2D eigenvalue weighted by Crippen LogP contribution is 2.18. The molecular formula is C14H18FNO3. The molecule has 1 fully saturated rings. The molecule has 1 aromatic rings. The van der Waals surface area contributed by atoms with E-state index in [1.165, 1.54) is 6.07 Å². The third-order valence-electron chi connectivity index (χ3n) is 3.50. The van der Waals surface area contributed by atoms with Gasteiger partial charge in [0.05, 0.1) is 18.8 Å². The van der Waals surface area contributed by atoms with E-state index < -0.39 is 11.8 Å². The Morgan fingerprint density at radius 2 is 2.37 bits per heavy atom. The smallest absolute Gasteiger partial charge is 0.336 e. The highest BCUT2D eigenvalue weighted by molar-refractivity contribution is 5.89. The molecule has 1 N–H and O–H groups in total. The van der Waals surface area contributed by atoms with Crippen LogP contribution >= 0.6 is 0 Å². The van der Waals surface area contributed by atoms with Crippen LogP contribution in [-0.2, 0) is 11.3 Å². The van der Waals surface area contributed by atoms with Crippen LogP contribution in [0.25, 0.3) is 0 Å². The first-order chi connectivity index (χ1) is 9.11. The molecule has 0 spiro atoms. The molecule has 104 valence electrons. The van der Waals surface area contributed by atoms with E-state index in [9.17, 15) is 9.18 Å². The van der Waals surface area contributed by atoms with E-state index in [1.807, 2.05) is 0 Å². The van der Waals surface area contributed by atoms with Crippen LogP contribution < -0.4 is 0 Å². The number of carboxylic acid groups (broad SMARTS) is 1. The van der Waals surface area contributed by atoms with E-state index >= 15 is 0 Å². The lowest BCUT2D eigenvalue weighted by atomic mass is 10.0. The summed E-state index contributed by atoms with van der Waals surface area (Å²) in [7, 11) is 0. The van der Waals surface area contributed by atoms with Gasteiger partial charge in [-0.3, -0.25) is 4.90 Å². The Labute approximate surface area is 111 Å². The second kappa shape index (κ2) is 6.12. The molecule has 4 nitrogen and oxygen atoms in total. The summed E-state index contributed by atoms with van der Waals surface area (Å²) in [6.45, 7) is 4.69. The zero-order valence-electron chi connectivity index (χ0n) is 10.9. The molecule has 1 atom stereocenters. The van der Waals surface area contributed by atoms with Gasteiger partial charge in [-0.25, -0.2) is 9.18 Å². The summed E-state index contributed by atoms with van der Waals surface area (Å²) in [6, 6.07) is 4.24. The van der Waals surface area contributed by atoms with Gasteiger partial charge in [-0.05, 0) is 24.1 Å². The summed E-state index contributed by atoms with van der Waals surface area (Å²) in [4.78, 5) is 13.4. The maximum absolute atomic E-state index is 13.1. The Hall–Kier alpha value is -1.46. The molecular weight excluding hydrogens is 249 g/mol. The van der Waals surface area contributed by atoms with Gasteiger partial charge >= 0.3 is 5.97 Å². The number of nitrogens with zero attached hydrogens (tertiary/aromatic N) is 1. The van der Waals surface area contributed by atoms with Crippen LogP contribution in [0.1, 0.15) is 29.3 Å². The lowest BCUT2D eigenvalue weighted by Gasteiger charge is -2.35. The first-order valence-electron chi connectivity index (χ1n) is 6.45. The molecule has 0 bridgehead atoms. The molecule has 0 amide bonds. The largest absolute Gasteiger partial charge is 0.478 e. The van der Waals surface area contributed by atoms with E-state index in [-0.39, 0.29) is 5.56 Å². The monoisotopic (exact) mass is 267 g/mol. The number of benzene rings is 1. The third kappa shape index (κ3) is 3.30. The molecule has 1 aromatic carbocycles. The highest BCUT2D eigenvalue weighted by Gasteiger charge is 2.23.